The molecule has 3 aromatic rings. The number of aromatic nitrogens is 1. The number of hydrogen-bond donors (Lipinski definition) is 2. The minimum Gasteiger partial charge on any atom is -0.493 e. The van der Waals surface area contributed by atoms with E-state index in [2.05, 4.69) is 24.1 Å². The molecule has 0 fully saturated rings. The molecular formula is C22H25N3O3. The van der Waals surface area contributed by atoms with Crippen molar-refractivity contribution in [2.24, 2.45) is 5.73 Å². The maximum absolute atomic E-state index is 11.8. The van der Waals surface area contributed by atoms with Gasteiger partial charge in [-0.25, -0.2) is 0 Å². The predicted molar refractivity (Wildman–Crippen MR) is 111 cm³/mol. The molecule has 1 aromatic heterocycles. The number of primary amides is 1. The Balaban J connectivity index is 2.06. The van der Waals surface area contributed by atoms with Gasteiger partial charge in [0.15, 0.2) is 11.5 Å². The lowest BCUT2D eigenvalue weighted by Crippen LogP contribution is -2.13. The molecule has 0 aliphatic rings. The lowest BCUT2D eigenvalue weighted by atomic mass is 10.0. The van der Waals surface area contributed by atoms with E-state index < -0.39 is 5.91 Å². The van der Waals surface area contributed by atoms with Crippen LogP contribution in [0.5, 0.6) is 11.5 Å². The van der Waals surface area contributed by atoms with Crippen LogP contribution in [0.3, 0.4) is 0 Å². The van der Waals surface area contributed by atoms with Crippen molar-refractivity contribution < 1.29 is 14.3 Å². The highest BCUT2D eigenvalue weighted by Crippen LogP contribution is 2.34. The first-order chi connectivity index (χ1) is 13.5. The number of nitrogens with zero attached hydrogens (tertiary/aromatic N) is 1. The fourth-order valence-corrected chi connectivity index (χ4v) is 3.32. The van der Waals surface area contributed by atoms with E-state index in [4.69, 9.17) is 15.2 Å². The van der Waals surface area contributed by atoms with Crippen LogP contribution in [0.2, 0.25) is 0 Å². The first-order valence-corrected chi connectivity index (χ1v) is 9.19. The molecule has 146 valence electrons. The van der Waals surface area contributed by atoms with Crippen LogP contribution in [0.15, 0.2) is 42.6 Å². The van der Waals surface area contributed by atoms with Crippen LogP contribution in [0.4, 0.5) is 5.69 Å². The van der Waals surface area contributed by atoms with Gasteiger partial charge in [-0.1, -0.05) is 25.1 Å². The molecule has 0 aliphatic heterocycles. The van der Waals surface area contributed by atoms with Crippen molar-refractivity contribution in [1.82, 2.24) is 4.98 Å². The van der Waals surface area contributed by atoms with E-state index in [-0.39, 0.29) is 6.04 Å². The van der Waals surface area contributed by atoms with Gasteiger partial charge in [0.1, 0.15) is 0 Å². The molecule has 0 aliphatic carbocycles. The Labute approximate surface area is 164 Å². The Kier molecular flexibility index (Phi) is 5.68. The minimum absolute atomic E-state index is 0.00654. The number of benzene rings is 2. The number of carbonyl (C=O) groups is 1. The first-order valence-electron chi connectivity index (χ1n) is 9.19. The number of aryl methyl sites for hydroxylation is 1. The summed E-state index contributed by atoms with van der Waals surface area (Å²) in [4.78, 5) is 16.3. The summed E-state index contributed by atoms with van der Waals surface area (Å²) in [5.74, 6) is 0.884. The molecule has 3 N–H and O–H groups in total. The summed E-state index contributed by atoms with van der Waals surface area (Å²) in [7, 11) is 3.24. The topological polar surface area (TPSA) is 86.5 Å². The number of hydrogen-bond acceptors (Lipinski definition) is 5. The summed E-state index contributed by atoms with van der Waals surface area (Å²) >= 11 is 0. The smallest absolute Gasteiger partial charge is 0.250 e. The van der Waals surface area contributed by atoms with E-state index in [9.17, 15) is 4.79 Å². The average molecular weight is 379 g/mol. The SMILES string of the molecule is CCc1cnc2c(C(N)=O)cccc2c1N[C@H](C)c1ccc(OC)c(OC)c1. The molecule has 2 aromatic carbocycles. The van der Waals surface area contributed by atoms with Gasteiger partial charge in [0, 0.05) is 23.3 Å². The van der Waals surface area contributed by atoms with Crippen molar-refractivity contribution >= 4 is 22.5 Å². The molecule has 1 heterocycles. The van der Waals surface area contributed by atoms with Crippen molar-refractivity contribution in [3.63, 3.8) is 0 Å². The maximum Gasteiger partial charge on any atom is 0.250 e. The Morgan fingerprint density at radius 3 is 2.57 bits per heavy atom. The summed E-state index contributed by atoms with van der Waals surface area (Å²) in [6.45, 7) is 4.15. The molecule has 6 nitrogen and oxygen atoms in total. The van der Waals surface area contributed by atoms with Crippen LogP contribution in [0.1, 0.15) is 41.4 Å². The molecule has 0 saturated carbocycles. The van der Waals surface area contributed by atoms with Crippen molar-refractivity contribution in [2.75, 3.05) is 19.5 Å². The molecule has 1 atom stereocenters. The Morgan fingerprint density at radius 1 is 1.18 bits per heavy atom. The van der Waals surface area contributed by atoms with Gasteiger partial charge in [0.05, 0.1) is 25.3 Å². The molecule has 0 spiro atoms. The number of nitrogens with one attached hydrogen (secondary N) is 1. The zero-order valence-corrected chi connectivity index (χ0v) is 16.6. The fraction of sp³-hybridized carbons (Fsp3) is 0.273. The molecule has 1 amide bonds. The second kappa shape index (κ2) is 8.17. The number of nitrogens with two attached hydrogens (primary N) is 1. The predicted octanol–water partition coefficient (Wildman–Crippen LogP) is 4.09. The summed E-state index contributed by atoms with van der Waals surface area (Å²) in [5.41, 5.74) is 9.63. The van der Waals surface area contributed by atoms with Gasteiger partial charge in [0.25, 0.3) is 5.91 Å². The van der Waals surface area contributed by atoms with E-state index >= 15 is 0 Å². The van der Waals surface area contributed by atoms with Crippen LogP contribution < -0.4 is 20.5 Å². The number of ether oxygens (including phenoxy) is 2. The van der Waals surface area contributed by atoms with Crippen LogP contribution in [0, 0.1) is 0 Å². The highest BCUT2D eigenvalue weighted by atomic mass is 16.5. The van der Waals surface area contributed by atoms with Crippen LogP contribution in [-0.2, 0) is 6.42 Å². The monoisotopic (exact) mass is 379 g/mol. The summed E-state index contributed by atoms with van der Waals surface area (Å²) in [6, 6.07) is 11.3. The Hall–Kier alpha value is -3.28. The van der Waals surface area contributed by atoms with Gasteiger partial charge in [0.2, 0.25) is 0 Å². The second-order valence-corrected chi connectivity index (χ2v) is 6.56. The van der Waals surface area contributed by atoms with E-state index in [0.717, 1.165) is 28.6 Å². The van der Waals surface area contributed by atoms with Crippen molar-refractivity contribution in [2.45, 2.75) is 26.3 Å². The van der Waals surface area contributed by atoms with Crippen molar-refractivity contribution in [1.29, 1.82) is 0 Å². The first kappa shape index (κ1) is 19.5. The molecule has 6 heteroatoms. The number of carbonyl (C=O) groups excluding carboxylic acids is 1. The lowest BCUT2D eigenvalue weighted by Gasteiger charge is -2.21. The van der Waals surface area contributed by atoms with E-state index in [1.165, 1.54) is 0 Å². The van der Waals surface area contributed by atoms with E-state index in [1.54, 1.807) is 26.5 Å². The van der Waals surface area contributed by atoms with E-state index in [1.807, 2.05) is 30.3 Å². The normalized spacial score (nSPS) is 11.9. The molecule has 0 saturated heterocycles. The van der Waals surface area contributed by atoms with Gasteiger partial charge in [-0.2, -0.15) is 0 Å². The minimum atomic E-state index is -0.485. The average Bonchev–Trinajstić information content (AvgIpc) is 2.72. The Morgan fingerprint density at radius 2 is 1.93 bits per heavy atom. The van der Waals surface area contributed by atoms with Crippen LogP contribution in [0.25, 0.3) is 10.9 Å². The van der Waals surface area contributed by atoms with Gasteiger partial charge in [-0.05, 0) is 42.7 Å². The van der Waals surface area contributed by atoms with Gasteiger partial charge in [-0.3, -0.25) is 9.78 Å². The third kappa shape index (κ3) is 3.58. The number of rotatable bonds is 7. The number of para-hydroxylation sites is 1. The Bertz CT molecular complexity index is 1020. The van der Waals surface area contributed by atoms with Crippen LogP contribution in [-0.4, -0.2) is 25.1 Å². The quantitative estimate of drug-likeness (QED) is 0.646. The molecule has 0 bridgehead atoms. The molecular weight excluding hydrogens is 354 g/mol. The number of fused-ring (bicyclic) bond motifs is 1. The van der Waals surface area contributed by atoms with Gasteiger partial charge < -0.3 is 20.5 Å². The molecule has 0 radical (unpaired) electrons. The maximum atomic E-state index is 11.8. The third-order valence-corrected chi connectivity index (χ3v) is 4.89. The number of methoxy groups -OCH3 is 2. The fourth-order valence-electron chi connectivity index (χ4n) is 3.32. The molecule has 28 heavy (non-hydrogen) atoms. The largest absolute Gasteiger partial charge is 0.493 e. The van der Waals surface area contributed by atoms with Gasteiger partial charge >= 0.3 is 0 Å². The summed E-state index contributed by atoms with van der Waals surface area (Å²) in [5, 5.41) is 4.46. The highest BCUT2D eigenvalue weighted by Gasteiger charge is 2.16. The molecule has 0 unspecified atom stereocenters. The third-order valence-electron chi connectivity index (χ3n) is 4.89. The van der Waals surface area contributed by atoms with Crippen LogP contribution >= 0.6 is 0 Å². The molecule has 3 rings (SSSR count). The summed E-state index contributed by atoms with van der Waals surface area (Å²) in [6.07, 6.45) is 2.61. The highest BCUT2D eigenvalue weighted by molar-refractivity contribution is 6.08. The second-order valence-electron chi connectivity index (χ2n) is 6.56. The van der Waals surface area contributed by atoms with Crippen molar-refractivity contribution in [3.05, 3.63) is 59.3 Å². The standard InChI is InChI=1S/C22H25N3O3/c1-5-14-12-24-21-16(7-6-8-17(21)22(23)26)20(14)25-13(2)15-9-10-18(27-3)19(11-15)28-4/h6-13H,5H2,1-4H3,(H2,23,26)(H,24,25)/t13-/m1/s1. The number of amides is 1. The lowest BCUT2D eigenvalue weighted by molar-refractivity contribution is 0.100. The zero-order chi connectivity index (χ0) is 20.3. The van der Waals surface area contributed by atoms with Gasteiger partial charge in [-0.15, -0.1) is 0 Å². The number of anilines is 1. The summed E-state index contributed by atoms with van der Waals surface area (Å²) < 4.78 is 10.7. The number of pyridine rings is 1. The van der Waals surface area contributed by atoms with Crippen molar-refractivity contribution in [3.8, 4) is 11.5 Å². The van der Waals surface area contributed by atoms with E-state index in [0.29, 0.717) is 22.6 Å². The zero-order valence-electron chi connectivity index (χ0n) is 16.6.